The zero-order chi connectivity index (χ0) is 15.9. The van der Waals surface area contributed by atoms with E-state index >= 15 is 0 Å². The second-order valence-electron chi connectivity index (χ2n) is 4.65. The van der Waals surface area contributed by atoms with Gasteiger partial charge in [-0.1, -0.05) is 41.4 Å². The summed E-state index contributed by atoms with van der Waals surface area (Å²) in [6.45, 7) is 4.40. The van der Waals surface area contributed by atoms with Crippen molar-refractivity contribution in [1.29, 1.82) is 0 Å². The Bertz CT molecular complexity index is 493. The van der Waals surface area contributed by atoms with Gasteiger partial charge in [0.15, 0.2) is 6.21 Å². The van der Waals surface area contributed by atoms with Gasteiger partial charge in [-0.25, -0.2) is 23.2 Å². The van der Waals surface area contributed by atoms with E-state index in [1.165, 1.54) is 18.4 Å². The highest BCUT2D eigenvalue weighted by Gasteiger charge is 2.10. The highest BCUT2D eigenvalue weighted by Crippen LogP contribution is 2.18. The van der Waals surface area contributed by atoms with Gasteiger partial charge < -0.3 is 0 Å². The van der Waals surface area contributed by atoms with Crippen LogP contribution in [0.15, 0.2) is 30.3 Å². The van der Waals surface area contributed by atoms with Crippen molar-refractivity contribution in [1.82, 2.24) is 0 Å². The topological polar surface area (TPSA) is 95.2 Å². The van der Waals surface area contributed by atoms with Crippen LogP contribution in [0.4, 0.5) is 0 Å². The van der Waals surface area contributed by atoms with E-state index in [0.717, 1.165) is 23.7 Å². The molecule has 2 rings (SSSR count). The van der Waals surface area contributed by atoms with E-state index in [2.05, 4.69) is 42.0 Å². The van der Waals surface area contributed by atoms with Crippen LogP contribution in [0.1, 0.15) is 24.0 Å². The molecule has 1 saturated heterocycles. The minimum absolute atomic E-state index is 0.812. The lowest BCUT2D eigenvalue weighted by atomic mass is 10.1. The fourth-order valence-corrected chi connectivity index (χ4v) is 2.05. The summed E-state index contributed by atoms with van der Waals surface area (Å²) in [6.07, 6.45) is 6.70. The maximum Gasteiger partial charge on any atom is 0.164 e. The molecule has 7 heteroatoms. The average Bonchev–Trinajstić information content (AvgIpc) is 2.88. The second kappa shape index (κ2) is 8.48. The predicted molar refractivity (Wildman–Crippen MR) is 70.3 cm³/mol. The van der Waals surface area contributed by atoms with Crippen molar-refractivity contribution in [2.75, 3.05) is 13.1 Å². The predicted octanol–water partition coefficient (Wildman–Crippen LogP) is -1.30. The van der Waals surface area contributed by atoms with Crippen molar-refractivity contribution in [2.45, 2.75) is 19.8 Å². The number of halogens is 2. The molecule has 1 aliphatic heterocycles. The Kier molecular flexibility index (Phi) is 7.31. The maximum atomic E-state index is 8.49. The van der Waals surface area contributed by atoms with Gasteiger partial charge in [0.2, 0.25) is 0 Å². The van der Waals surface area contributed by atoms with E-state index in [4.69, 9.17) is 30.2 Å². The van der Waals surface area contributed by atoms with Crippen molar-refractivity contribution in [3.8, 4) is 0 Å². The summed E-state index contributed by atoms with van der Waals surface area (Å²) in [6, 6.07) is 8.29. The van der Waals surface area contributed by atoms with Crippen molar-refractivity contribution in [3.05, 3.63) is 41.5 Å². The van der Waals surface area contributed by atoms with Crippen molar-refractivity contribution in [2.24, 2.45) is 0 Å². The minimum Gasteiger partial charge on any atom is -0.236 e. The molecule has 0 aromatic heterocycles. The average molecular weight is 334 g/mol. The molecule has 5 nitrogen and oxygen atoms in total. The normalized spacial score (nSPS) is 15.5. The Balaban J connectivity index is 0.000000383. The molecule has 1 aromatic rings. The third-order valence-electron chi connectivity index (χ3n) is 2.90. The fraction of sp³-hybridized carbons (Fsp3) is 0.357. The summed E-state index contributed by atoms with van der Waals surface area (Å²) in [5.74, 6) is 0. The van der Waals surface area contributed by atoms with Gasteiger partial charge in [0, 0.05) is 18.9 Å². The monoisotopic (exact) mass is 333 g/mol. The Morgan fingerprint density at radius 1 is 1.10 bits per heavy atom. The molecule has 0 saturated carbocycles. The van der Waals surface area contributed by atoms with Crippen molar-refractivity contribution in [3.63, 3.8) is 0 Å². The first-order chi connectivity index (χ1) is 9.75. The number of aryl methyl sites for hydroxylation is 1. The standard InChI is InChI=1S/C14H17ClN.ClHO4/c1-12-4-6-13(7-5-12)14(15)8-11-16-9-2-3-10-16;2-1(3,4)5/h4-8,11H,2-3,9-10H2,1H3;(H,2,3,4,5)/q+1;/p-1. The van der Waals surface area contributed by atoms with Crippen LogP contribution in [-0.2, 0) is 0 Å². The Morgan fingerprint density at radius 2 is 1.57 bits per heavy atom. The van der Waals surface area contributed by atoms with Crippen LogP contribution in [-0.4, -0.2) is 23.9 Å². The highest BCUT2D eigenvalue weighted by atomic mass is 35.7. The largest absolute Gasteiger partial charge is 0.236 e. The lowest BCUT2D eigenvalue weighted by Crippen LogP contribution is -2.68. The van der Waals surface area contributed by atoms with Crippen LogP contribution < -0.4 is 18.6 Å². The van der Waals surface area contributed by atoms with Crippen LogP contribution in [0.5, 0.6) is 0 Å². The number of allylic oxidation sites excluding steroid dienone is 1. The first-order valence-corrected chi connectivity index (χ1v) is 8.00. The van der Waals surface area contributed by atoms with Crippen LogP contribution in [0, 0.1) is 17.2 Å². The highest BCUT2D eigenvalue weighted by molar-refractivity contribution is 6.49. The van der Waals surface area contributed by atoms with Gasteiger partial charge in [-0.2, -0.15) is 0 Å². The van der Waals surface area contributed by atoms with Crippen LogP contribution >= 0.6 is 11.6 Å². The van der Waals surface area contributed by atoms with E-state index in [9.17, 15) is 0 Å². The first kappa shape index (κ1) is 18.1. The summed E-state index contributed by atoms with van der Waals surface area (Å²) in [5, 5.41) is 0.812. The third-order valence-corrected chi connectivity index (χ3v) is 3.24. The maximum absolute atomic E-state index is 8.49. The first-order valence-electron chi connectivity index (χ1n) is 6.39. The lowest BCUT2D eigenvalue weighted by Gasteiger charge is -2.17. The Hall–Kier alpha value is -0.950. The molecule has 0 spiro atoms. The van der Waals surface area contributed by atoms with E-state index in [1.807, 2.05) is 6.08 Å². The zero-order valence-electron chi connectivity index (χ0n) is 11.6. The Morgan fingerprint density at radius 3 is 2.05 bits per heavy atom. The Labute approximate surface area is 131 Å². The van der Waals surface area contributed by atoms with Crippen LogP contribution in [0.2, 0.25) is 0 Å². The van der Waals surface area contributed by atoms with E-state index in [-0.39, 0.29) is 0 Å². The molecule has 1 fully saturated rings. The van der Waals surface area contributed by atoms with Crippen molar-refractivity contribution < 1.29 is 33.5 Å². The summed E-state index contributed by atoms with van der Waals surface area (Å²) in [5.41, 5.74) is 2.35. The molecule has 0 atom stereocenters. The number of hydrogen-bond donors (Lipinski definition) is 0. The van der Waals surface area contributed by atoms with Gasteiger partial charge >= 0.3 is 0 Å². The molecule has 0 amide bonds. The molecule has 0 aliphatic carbocycles. The van der Waals surface area contributed by atoms with E-state index in [0.29, 0.717) is 0 Å². The third kappa shape index (κ3) is 8.83. The molecular formula is C14H17Cl2NO4. The molecule has 0 radical (unpaired) electrons. The number of hydrogen-bond acceptors (Lipinski definition) is 4. The molecule has 116 valence electrons. The summed E-state index contributed by atoms with van der Waals surface area (Å²) >= 11 is 6.24. The van der Waals surface area contributed by atoms with Crippen LogP contribution in [0.3, 0.4) is 0 Å². The number of nitrogens with zero attached hydrogens (tertiary/aromatic N) is 1. The molecule has 0 N–H and O–H groups in total. The molecule has 0 bridgehead atoms. The molecule has 0 unspecified atom stereocenters. The van der Waals surface area contributed by atoms with Crippen LogP contribution in [0.25, 0.3) is 5.03 Å². The molecule has 1 aromatic carbocycles. The van der Waals surface area contributed by atoms with Crippen molar-refractivity contribution >= 4 is 22.8 Å². The summed E-state index contributed by atoms with van der Waals surface area (Å²) in [7, 11) is -4.94. The van der Waals surface area contributed by atoms with Gasteiger partial charge in [0.05, 0.1) is 5.03 Å². The van der Waals surface area contributed by atoms with Gasteiger partial charge in [-0.15, -0.1) is 10.2 Å². The summed E-state index contributed by atoms with van der Waals surface area (Å²) < 4.78 is 36.3. The van der Waals surface area contributed by atoms with E-state index in [1.54, 1.807) is 0 Å². The molecule has 1 aliphatic rings. The van der Waals surface area contributed by atoms with E-state index < -0.39 is 10.2 Å². The zero-order valence-corrected chi connectivity index (χ0v) is 13.1. The second-order valence-corrected chi connectivity index (χ2v) is 5.81. The lowest BCUT2D eigenvalue weighted by molar-refractivity contribution is -2.00. The quantitative estimate of drug-likeness (QED) is 0.628. The minimum atomic E-state index is -4.94. The fourth-order valence-electron chi connectivity index (χ4n) is 1.87. The smallest absolute Gasteiger partial charge is 0.164 e. The van der Waals surface area contributed by atoms with Gasteiger partial charge in [0.25, 0.3) is 0 Å². The summed E-state index contributed by atoms with van der Waals surface area (Å²) in [4.78, 5) is 0. The molecule has 21 heavy (non-hydrogen) atoms. The molecular weight excluding hydrogens is 317 g/mol. The SMILES string of the molecule is Cc1ccc(C(Cl)=CC=[N+]2CCCC2)cc1.[O-][Cl+3]([O-])([O-])[O-]. The number of benzene rings is 1. The number of rotatable bonds is 2. The van der Waals surface area contributed by atoms with Gasteiger partial charge in [-0.3, -0.25) is 0 Å². The van der Waals surface area contributed by atoms with Gasteiger partial charge in [-0.05, 0) is 12.5 Å². The molecule has 1 heterocycles. The van der Waals surface area contributed by atoms with Gasteiger partial charge in [0.1, 0.15) is 13.1 Å².